The summed E-state index contributed by atoms with van der Waals surface area (Å²) >= 11 is 0. The van der Waals surface area contributed by atoms with Crippen molar-refractivity contribution >= 4 is 11.9 Å². The fourth-order valence-corrected chi connectivity index (χ4v) is 2.81. The first kappa shape index (κ1) is 20.3. The second kappa shape index (κ2) is 9.07. The molecule has 7 nitrogen and oxygen atoms in total. The first-order valence-electron chi connectivity index (χ1n) is 9.43. The molecule has 1 aromatic heterocycles. The summed E-state index contributed by atoms with van der Waals surface area (Å²) < 4.78 is 5.51. The molecule has 0 radical (unpaired) electrons. The molecule has 1 amide bonds. The van der Waals surface area contributed by atoms with Gasteiger partial charge in [0.2, 0.25) is 5.91 Å². The highest BCUT2D eigenvalue weighted by Gasteiger charge is 2.27. The van der Waals surface area contributed by atoms with Gasteiger partial charge in [0.25, 0.3) is 0 Å². The van der Waals surface area contributed by atoms with Crippen LogP contribution in [-0.2, 0) is 10.4 Å². The van der Waals surface area contributed by atoms with Crippen LogP contribution in [0.15, 0.2) is 15.5 Å². The number of rotatable bonds is 9. The first-order chi connectivity index (χ1) is 12.3. The second-order valence-electron chi connectivity index (χ2n) is 7.17. The molecule has 0 spiro atoms. The summed E-state index contributed by atoms with van der Waals surface area (Å²) in [6.45, 7) is 9.01. The Hall–Kier alpha value is -2.02. The van der Waals surface area contributed by atoms with Gasteiger partial charge in [-0.15, -0.1) is 0 Å². The third kappa shape index (κ3) is 6.37. The Morgan fingerprint density at radius 3 is 2.69 bits per heavy atom. The van der Waals surface area contributed by atoms with Gasteiger partial charge in [0.1, 0.15) is 17.1 Å². The Kier molecular flexibility index (Phi) is 7.08. The smallest absolute Gasteiger partial charge is 0.220 e. The molecule has 1 aliphatic rings. The maximum atomic E-state index is 11.7. The zero-order valence-corrected chi connectivity index (χ0v) is 16.3. The highest BCUT2D eigenvalue weighted by Crippen LogP contribution is 2.27. The van der Waals surface area contributed by atoms with Gasteiger partial charge in [0, 0.05) is 31.1 Å². The number of aryl methyl sites for hydroxylation is 2. The molecular formula is C19H32N4O3. The standard InChI is InChI=1S/C19H32N4O3/c1-5-20-18(21-10-6-7-17(24)23-15-8-9-15)22-12-19(4,25)16-11-13(2)26-14(16)3/h11,15,25H,5-10,12H2,1-4H3,(H,23,24)(H2,20,21,22). The molecule has 1 heterocycles. The SMILES string of the molecule is CCNC(=NCC(C)(O)c1cc(C)oc1C)NCCCC(=O)NC1CC1. The van der Waals surface area contributed by atoms with E-state index in [2.05, 4.69) is 20.9 Å². The van der Waals surface area contributed by atoms with Gasteiger partial charge in [-0.05, 0) is 53.0 Å². The van der Waals surface area contributed by atoms with Crippen LogP contribution in [-0.4, -0.2) is 42.6 Å². The lowest BCUT2D eigenvalue weighted by molar-refractivity contribution is -0.121. The average molecular weight is 364 g/mol. The van der Waals surface area contributed by atoms with E-state index in [1.54, 1.807) is 6.92 Å². The van der Waals surface area contributed by atoms with Gasteiger partial charge in [-0.25, -0.2) is 4.99 Å². The van der Waals surface area contributed by atoms with Gasteiger partial charge >= 0.3 is 0 Å². The van der Waals surface area contributed by atoms with Crippen molar-refractivity contribution in [1.82, 2.24) is 16.0 Å². The molecular weight excluding hydrogens is 332 g/mol. The van der Waals surface area contributed by atoms with E-state index in [1.165, 1.54) is 0 Å². The van der Waals surface area contributed by atoms with E-state index in [0.717, 1.165) is 37.1 Å². The summed E-state index contributed by atoms with van der Waals surface area (Å²) in [7, 11) is 0. The number of guanidine groups is 1. The van der Waals surface area contributed by atoms with Crippen molar-refractivity contribution in [1.29, 1.82) is 0 Å². The first-order valence-corrected chi connectivity index (χ1v) is 9.43. The molecule has 0 aromatic carbocycles. The molecule has 146 valence electrons. The third-order valence-corrected chi connectivity index (χ3v) is 4.33. The number of hydrogen-bond acceptors (Lipinski definition) is 4. The minimum Gasteiger partial charge on any atom is -0.466 e. The van der Waals surface area contributed by atoms with E-state index in [-0.39, 0.29) is 12.5 Å². The van der Waals surface area contributed by atoms with Crippen LogP contribution in [0, 0.1) is 13.8 Å². The minimum atomic E-state index is -1.10. The van der Waals surface area contributed by atoms with Crippen LogP contribution in [0.5, 0.6) is 0 Å². The summed E-state index contributed by atoms with van der Waals surface area (Å²) in [5, 5.41) is 20.1. The van der Waals surface area contributed by atoms with Gasteiger partial charge in [-0.3, -0.25) is 4.79 Å². The zero-order valence-electron chi connectivity index (χ0n) is 16.3. The van der Waals surface area contributed by atoms with Crippen molar-refractivity contribution in [2.75, 3.05) is 19.6 Å². The van der Waals surface area contributed by atoms with Crippen molar-refractivity contribution in [2.24, 2.45) is 4.99 Å². The molecule has 0 aliphatic heterocycles. The number of amides is 1. The Bertz CT molecular complexity index is 633. The Morgan fingerprint density at radius 2 is 2.12 bits per heavy atom. The van der Waals surface area contributed by atoms with E-state index >= 15 is 0 Å². The van der Waals surface area contributed by atoms with Crippen LogP contribution in [0.3, 0.4) is 0 Å². The highest BCUT2D eigenvalue weighted by molar-refractivity contribution is 5.80. The molecule has 1 unspecified atom stereocenters. The van der Waals surface area contributed by atoms with Crippen LogP contribution in [0.4, 0.5) is 0 Å². The highest BCUT2D eigenvalue weighted by atomic mass is 16.3. The number of nitrogens with one attached hydrogen (secondary N) is 3. The topological polar surface area (TPSA) is 98.9 Å². The fraction of sp³-hybridized carbons (Fsp3) is 0.684. The summed E-state index contributed by atoms with van der Waals surface area (Å²) in [6, 6.07) is 2.26. The maximum Gasteiger partial charge on any atom is 0.220 e. The van der Waals surface area contributed by atoms with Gasteiger partial charge < -0.3 is 25.5 Å². The van der Waals surface area contributed by atoms with E-state index in [9.17, 15) is 9.90 Å². The van der Waals surface area contributed by atoms with E-state index in [0.29, 0.717) is 30.7 Å². The Morgan fingerprint density at radius 1 is 1.38 bits per heavy atom. The minimum absolute atomic E-state index is 0.116. The lowest BCUT2D eigenvalue weighted by atomic mass is 9.96. The van der Waals surface area contributed by atoms with E-state index in [1.807, 2.05) is 26.8 Å². The van der Waals surface area contributed by atoms with Crippen LogP contribution in [0.1, 0.15) is 56.6 Å². The van der Waals surface area contributed by atoms with Crippen LogP contribution >= 0.6 is 0 Å². The second-order valence-corrected chi connectivity index (χ2v) is 7.17. The molecule has 1 aromatic rings. The zero-order chi connectivity index (χ0) is 19.2. The summed E-state index contributed by atoms with van der Waals surface area (Å²) in [6.07, 6.45) is 3.46. The molecule has 26 heavy (non-hydrogen) atoms. The van der Waals surface area contributed by atoms with Crippen LogP contribution in [0.25, 0.3) is 0 Å². The third-order valence-electron chi connectivity index (χ3n) is 4.33. The predicted octanol–water partition coefficient (Wildman–Crippen LogP) is 1.72. The number of aliphatic imine (C=N–C) groups is 1. The molecule has 0 saturated heterocycles. The molecule has 4 N–H and O–H groups in total. The molecule has 0 bridgehead atoms. The van der Waals surface area contributed by atoms with Crippen LogP contribution < -0.4 is 16.0 Å². The molecule has 2 rings (SSSR count). The molecule has 1 fully saturated rings. The number of carbonyl (C=O) groups excluding carboxylic acids is 1. The number of aliphatic hydroxyl groups is 1. The number of hydrogen-bond donors (Lipinski definition) is 4. The Balaban J connectivity index is 1.82. The summed E-state index contributed by atoms with van der Waals surface area (Å²) in [5.74, 6) is 2.23. The molecule has 1 saturated carbocycles. The largest absolute Gasteiger partial charge is 0.466 e. The van der Waals surface area contributed by atoms with Gasteiger partial charge in [-0.1, -0.05) is 0 Å². The predicted molar refractivity (Wildman–Crippen MR) is 102 cm³/mol. The summed E-state index contributed by atoms with van der Waals surface area (Å²) in [4.78, 5) is 16.2. The van der Waals surface area contributed by atoms with E-state index in [4.69, 9.17) is 4.42 Å². The van der Waals surface area contributed by atoms with Gasteiger partial charge in [0.05, 0.1) is 6.54 Å². The fourth-order valence-electron chi connectivity index (χ4n) is 2.81. The molecule has 7 heteroatoms. The molecule has 1 atom stereocenters. The average Bonchev–Trinajstić information content (AvgIpc) is 3.30. The number of nitrogens with zero attached hydrogens (tertiary/aromatic N) is 1. The van der Waals surface area contributed by atoms with Gasteiger partial charge in [0.15, 0.2) is 5.96 Å². The normalized spacial score (nSPS) is 16.9. The van der Waals surface area contributed by atoms with Gasteiger partial charge in [-0.2, -0.15) is 0 Å². The van der Waals surface area contributed by atoms with Crippen molar-refractivity contribution in [3.8, 4) is 0 Å². The van der Waals surface area contributed by atoms with Crippen molar-refractivity contribution in [2.45, 2.75) is 65.0 Å². The molecule has 1 aliphatic carbocycles. The number of carbonyl (C=O) groups is 1. The van der Waals surface area contributed by atoms with Crippen molar-refractivity contribution < 1.29 is 14.3 Å². The summed E-state index contributed by atoms with van der Waals surface area (Å²) in [5.41, 5.74) is -0.347. The lowest BCUT2D eigenvalue weighted by Crippen LogP contribution is -2.39. The van der Waals surface area contributed by atoms with Crippen molar-refractivity contribution in [3.05, 3.63) is 23.2 Å². The monoisotopic (exact) mass is 364 g/mol. The Labute approximate surface area is 155 Å². The van der Waals surface area contributed by atoms with Crippen molar-refractivity contribution in [3.63, 3.8) is 0 Å². The quantitative estimate of drug-likeness (QED) is 0.304. The number of furan rings is 1. The van der Waals surface area contributed by atoms with Crippen LogP contribution in [0.2, 0.25) is 0 Å². The lowest BCUT2D eigenvalue weighted by Gasteiger charge is -2.21. The maximum absolute atomic E-state index is 11.7. The van der Waals surface area contributed by atoms with E-state index < -0.39 is 5.60 Å².